The molecule has 0 saturated carbocycles. The van der Waals surface area contributed by atoms with Gasteiger partial charge in [0.15, 0.2) is 11.5 Å². The number of carbonyl (C=O) groups is 2. The SMILES string of the molecule is CCOc1ccc(C(=O)Oc2ccc(/C=N/NC(=O)c3ccccc3OCc3ccccc3)cc2OC)cc1. The maximum atomic E-state index is 12.8. The van der Waals surface area contributed by atoms with Crippen molar-refractivity contribution in [2.24, 2.45) is 5.10 Å². The summed E-state index contributed by atoms with van der Waals surface area (Å²) in [5.74, 6) is 0.771. The first kappa shape index (κ1) is 26.9. The van der Waals surface area contributed by atoms with Crippen LogP contribution in [-0.4, -0.2) is 31.8 Å². The van der Waals surface area contributed by atoms with Crippen LogP contribution < -0.4 is 24.4 Å². The van der Waals surface area contributed by atoms with Gasteiger partial charge in [0.25, 0.3) is 5.91 Å². The molecule has 0 heterocycles. The van der Waals surface area contributed by atoms with Crippen LogP contribution in [0, 0.1) is 0 Å². The monoisotopic (exact) mass is 524 g/mol. The molecule has 0 aliphatic carbocycles. The van der Waals surface area contributed by atoms with Gasteiger partial charge in [-0.1, -0.05) is 42.5 Å². The van der Waals surface area contributed by atoms with Crippen molar-refractivity contribution in [3.8, 4) is 23.0 Å². The van der Waals surface area contributed by atoms with Crippen molar-refractivity contribution in [1.82, 2.24) is 5.43 Å². The Morgan fingerprint density at radius 2 is 1.56 bits per heavy atom. The van der Waals surface area contributed by atoms with Gasteiger partial charge in [-0.25, -0.2) is 10.2 Å². The Labute approximate surface area is 226 Å². The van der Waals surface area contributed by atoms with Gasteiger partial charge < -0.3 is 18.9 Å². The predicted molar refractivity (Wildman–Crippen MR) is 148 cm³/mol. The summed E-state index contributed by atoms with van der Waals surface area (Å²) in [5, 5.41) is 4.06. The van der Waals surface area contributed by atoms with Crippen molar-refractivity contribution < 1.29 is 28.5 Å². The smallest absolute Gasteiger partial charge is 0.343 e. The van der Waals surface area contributed by atoms with Crippen LogP contribution in [-0.2, 0) is 6.61 Å². The van der Waals surface area contributed by atoms with Gasteiger partial charge in [0.05, 0.1) is 31.1 Å². The van der Waals surface area contributed by atoms with Gasteiger partial charge in [0.1, 0.15) is 18.1 Å². The number of nitrogens with one attached hydrogen (secondary N) is 1. The molecule has 0 saturated heterocycles. The molecule has 0 atom stereocenters. The van der Waals surface area contributed by atoms with Crippen LogP contribution in [0.15, 0.2) is 102 Å². The van der Waals surface area contributed by atoms with E-state index in [0.29, 0.717) is 47.2 Å². The van der Waals surface area contributed by atoms with Crippen LogP contribution in [0.4, 0.5) is 0 Å². The number of ether oxygens (including phenoxy) is 4. The van der Waals surface area contributed by atoms with E-state index in [9.17, 15) is 9.59 Å². The molecule has 0 aromatic heterocycles. The fraction of sp³-hybridized carbons (Fsp3) is 0.129. The molecule has 1 N–H and O–H groups in total. The maximum Gasteiger partial charge on any atom is 0.343 e. The molecule has 0 unspecified atom stereocenters. The molecule has 4 aromatic carbocycles. The first-order chi connectivity index (χ1) is 19.1. The van der Waals surface area contributed by atoms with Crippen molar-refractivity contribution in [2.75, 3.05) is 13.7 Å². The molecule has 1 amide bonds. The second-order valence-electron chi connectivity index (χ2n) is 8.23. The average Bonchev–Trinajstić information content (AvgIpc) is 2.98. The number of carbonyl (C=O) groups excluding carboxylic acids is 2. The fourth-order valence-corrected chi connectivity index (χ4v) is 3.60. The molecule has 0 radical (unpaired) electrons. The Morgan fingerprint density at radius 3 is 2.31 bits per heavy atom. The summed E-state index contributed by atoms with van der Waals surface area (Å²) in [6.45, 7) is 2.76. The summed E-state index contributed by atoms with van der Waals surface area (Å²) in [5.41, 5.74) is 4.88. The van der Waals surface area contributed by atoms with Crippen LogP contribution in [0.5, 0.6) is 23.0 Å². The van der Waals surface area contributed by atoms with Crippen LogP contribution in [0.25, 0.3) is 0 Å². The molecular weight excluding hydrogens is 496 g/mol. The molecule has 8 heteroatoms. The average molecular weight is 525 g/mol. The Morgan fingerprint density at radius 1 is 0.821 bits per heavy atom. The first-order valence-corrected chi connectivity index (χ1v) is 12.3. The second-order valence-corrected chi connectivity index (χ2v) is 8.23. The van der Waals surface area contributed by atoms with Crippen molar-refractivity contribution in [3.63, 3.8) is 0 Å². The fourth-order valence-electron chi connectivity index (χ4n) is 3.60. The standard InChI is InChI=1S/C31H28N2O6/c1-3-37-25-16-14-24(15-17-25)31(35)39-28-18-13-23(19-29(28)36-2)20-32-33-30(34)26-11-7-8-12-27(26)38-21-22-9-5-4-6-10-22/h4-20H,3,21H2,1-2H3,(H,33,34)/b32-20+. The number of hydrazone groups is 1. The van der Waals surface area contributed by atoms with Gasteiger partial charge in [0, 0.05) is 0 Å². The Kier molecular flexibility index (Phi) is 9.28. The number of hydrogen-bond acceptors (Lipinski definition) is 7. The lowest BCUT2D eigenvalue weighted by Gasteiger charge is -2.11. The van der Waals surface area contributed by atoms with E-state index in [1.54, 1.807) is 66.7 Å². The van der Waals surface area contributed by atoms with E-state index in [2.05, 4.69) is 10.5 Å². The van der Waals surface area contributed by atoms with Crippen molar-refractivity contribution >= 4 is 18.1 Å². The van der Waals surface area contributed by atoms with Crippen LogP contribution >= 0.6 is 0 Å². The highest BCUT2D eigenvalue weighted by Gasteiger charge is 2.14. The minimum Gasteiger partial charge on any atom is -0.494 e. The summed E-state index contributed by atoms with van der Waals surface area (Å²) in [7, 11) is 1.47. The van der Waals surface area contributed by atoms with Crippen molar-refractivity contribution in [2.45, 2.75) is 13.5 Å². The molecule has 4 aromatic rings. The summed E-state index contributed by atoms with van der Waals surface area (Å²) in [6, 6.07) is 28.3. The summed E-state index contributed by atoms with van der Waals surface area (Å²) in [4.78, 5) is 25.3. The quantitative estimate of drug-likeness (QED) is 0.118. The maximum absolute atomic E-state index is 12.8. The lowest BCUT2D eigenvalue weighted by molar-refractivity contribution is 0.0729. The van der Waals surface area contributed by atoms with Crippen molar-refractivity contribution in [1.29, 1.82) is 0 Å². The topological polar surface area (TPSA) is 95.5 Å². The largest absolute Gasteiger partial charge is 0.494 e. The zero-order valence-corrected chi connectivity index (χ0v) is 21.6. The Balaban J connectivity index is 1.37. The van der Waals surface area contributed by atoms with E-state index in [-0.39, 0.29) is 5.75 Å². The molecule has 0 spiro atoms. The van der Waals surface area contributed by atoms with E-state index in [0.717, 1.165) is 5.56 Å². The van der Waals surface area contributed by atoms with Gasteiger partial charge in [-0.05, 0) is 72.6 Å². The number of hydrogen-bond donors (Lipinski definition) is 1. The number of nitrogens with zero attached hydrogens (tertiary/aromatic N) is 1. The van der Waals surface area contributed by atoms with E-state index in [4.69, 9.17) is 18.9 Å². The van der Waals surface area contributed by atoms with Gasteiger partial charge in [-0.15, -0.1) is 0 Å². The molecule has 4 rings (SSSR count). The third-order valence-electron chi connectivity index (χ3n) is 5.54. The van der Waals surface area contributed by atoms with Crippen LogP contribution in [0.1, 0.15) is 38.8 Å². The van der Waals surface area contributed by atoms with Crippen molar-refractivity contribution in [3.05, 3.63) is 119 Å². The van der Waals surface area contributed by atoms with E-state index in [1.165, 1.54) is 13.3 Å². The zero-order chi connectivity index (χ0) is 27.5. The van der Waals surface area contributed by atoms with Gasteiger partial charge >= 0.3 is 5.97 Å². The van der Waals surface area contributed by atoms with Gasteiger partial charge in [0.2, 0.25) is 0 Å². The minimum absolute atomic E-state index is 0.252. The first-order valence-electron chi connectivity index (χ1n) is 12.3. The minimum atomic E-state index is -0.529. The highest BCUT2D eigenvalue weighted by atomic mass is 16.6. The molecular formula is C31H28N2O6. The number of methoxy groups -OCH3 is 1. The third kappa shape index (κ3) is 7.45. The zero-order valence-electron chi connectivity index (χ0n) is 21.6. The number of amides is 1. The molecule has 0 bridgehead atoms. The molecule has 8 nitrogen and oxygen atoms in total. The number of para-hydroxylation sites is 1. The molecule has 0 aliphatic heterocycles. The molecule has 0 fully saturated rings. The normalized spacial score (nSPS) is 10.6. The summed E-state index contributed by atoms with van der Waals surface area (Å²) in [6.07, 6.45) is 1.46. The molecule has 39 heavy (non-hydrogen) atoms. The Bertz CT molecular complexity index is 1440. The van der Waals surface area contributed by atoms with E-state index < -0.39 is 11.9 Å². The van der Waals surface area contributed by atoms with Crippen LogP contribution in [0.2, 0.25) is 0 Å². The Hall–Kier alpha value is -5.11. The summed E-state index contributed by atoms with van der Waals surface area (Å²) < 4.78 is 22.2. The van der Waals surface area contributed by atoms with Gasteiger partial charge in [-0.3, -0.25) is 4.79 Å². The number of rotatable bonds is 11. The lowest BCUT2D eigenvalue weighted by atomic mass is 10.2. The number of esters is 1. The lowest BCUT2D eigenvalue weighted by Crippen LogP contribution is -2.18. The predicted octanol–water partition coefficient (Wildman–Crippen LogP) is 5.66. The second kappa shape index (κ2) is 13.4. The van der Waals surface area contributed by atoms with E-state index in [1.807, 2.05) is 37.3 Å². The van der Waals surface area contributed by atoms with Gasteiger partial charge in [-0.2, -0.15) is 5.10 Å². The highest BCUT2D eigenvalue weighted by Crippen LogP contribution is 2.28. The molecule has 198 valence electrons. The number of benzene rings is 4. The molecule has 0 aliphatic rings. The third-order valence-corrected chi connectivity index (χ3v) is 5.54. The summed E-state index contributed by atoms with van der Waals surface area (Å²) >= 11 is 0. The highest BCUT2D eigenvalue weighted by molar-refractivity contribution is 5.97. The van der Waals surface area contributed by atoms with Crippen LogP contribution in [0.3, 0.4) is 0 Å². The van der Waals surface area contributed by atoms with E-state index >= 15 is 0 Å².